The number of hydrogen-bond acceptors (Lipinski definition) is 13. The molecule has 3 atom stereocenters. The Kier molecular flexibility index (Phi) is 18.2. The number of nitrogens with two attached hydrogens (primary N) is 1. The number of benzene rings is 1. The highest BCUT2D eigenvalue weighted by molar-refractivity contribution is 7.16. The molecule has 55 heavy (non-hydrogen) atoms. The molecule has 3 aromatic rings. The molecule has 1 aliphatic carbocycles. The molecule has 9 N–H and O–H groups in total. The number of anilines is 2. The monoisotopic (exact) mass is 781 g/mol. The molecular weight excluding hydrogens is 717 g/mol. The van der Waals surface area contributed by atoms with Crippen molar-refractivity contribution in [2.75, 3.05) is 69.2 Å². The topological polar surface area (TPSA) is 212 Å². The summed E-state index contributed by atoms with van der Waals surface area (Å²) in [6.07, 6.45) is 13.1. The number of rotatable bonds is 24. The molecule has 1 aliphatic heterocycles. The van der Waals surface area contributed by atoms with E-state index in [2.05, 4.69) is 56.4 Å². The van der Waals surface area contributed by atoms with E-state index in [-0.39, 0.29) is 37.2 Å². The van der Waals surface area contributed by atoms with Crippen LogP contribution in [0.2, 0.25) is 0 Å². The summed E-state index contributed by atoms with van der Waals surface area (Å²) in [4.78, 5) is 36.0. The number of nitrogens with zero attached hydrogens (tertiary/aromatic N) is 6. The van der Waals surface area contributed by atoms with Crippen molar-refractivity contribution in [3.05, 3.63) is 36.2 Å². The number of carbonyl (C=O) groups excluding carboxylic acids is 2. The van der Waals surface area contributed by atoms with Gasteiger partial charge in [0.15, 0.2) is 0 Å². The van der Waals surface area contributed by atoms with Crippen molar-refractivity contribution < 1.29 is 14.7 Å². The summed E-state index contributed by atoms with van der Waals surface area (Å²) in [6.45, 7) is 7.12. The molecular formula is C38H64N13O3P. The summed E-state index contributed by atoms with van der Waals surface area (Å²) >= 11 is 0. The fourth-order valence-corrected chi connectivity index (χ4v) is 7.31. The lowest BCUT2D eigenvalue weighted by Crippen LogP contribution is -2.45. The average molecular weight is 782 g/mol. The van der Waals surface area contributed by atoms with E-state index in [1.807, 2.05) is 35.1 Å². The zero-order chi connectivity index (χ0) is 38.7. The second kappa shape index (κ2) is 23.5. The van der Waals surface area contributed by atoms with Crippen LogP contribution in [0.5, 0.6) is 0 Å². The Balaban J connectivity index is 0.984. The zero-order valence-electron chi connectivity index (χ0n) is 32.4. The van der Waals surface area contributed by atoms with Crippen molar-refractivity contribution >= 4 is 43.7 Å². The Morgan fingerprint density at radius 1 is 0.964 bits per heavy atom. The summed E-state index contributed by atoms with van der Waals surface area (Å²) in [7, 11) is 2.54. The summed E-state index contributed by atoms with van der Waals surface area (Å²) in [5.74, 6) is 0.835. The van der Waals surface area contributed by atoms with E-state index in [1.54, 1.807) is 0 Å². The lowest BCUT2D eigenvalue weighted by molar-refractivity contribution is -0.123. The Bertz CT molecular complexity index is 1580. The van der Waals surface area contributed by atoms with E-state index in [4.69, 9.17) is 15.7 Å². The van der Waals surface area contributed by atoms with Crippen molar-refractivity contribution in [2.24, 2.45) is 5.73 Å². The number of fused-ring (bicyclic) bond motifs is 1. The Labute approximate surface area is 327 Å². The van der Waals surface area contributed by atoms with Crippen LogP contribution < -0.4 is 37.6 Å². The number of aliphatic hydroxyl groups is 1. The maximum atomic E-state index is 12.3. The first-order valence-corrected chi connectivity index (χ1v) is 21.2. The number of likely N-dealkylation sites (tertiary alicyclic amines) is 1. The summed E-state index contributed by atoms with van der Waals surface area (Å²) < 4.78 is 1.90. The number of nitrogens with one attached hydrogen (secondary N) is 6. The molecule has 0 radical (unpaired) electrons. The number of β-amino-alcohol motifs (C(OH)–C–C–N with tert-alkyl or cyclic N) is 1. The molecule has 5 rings (SSSR count). The van der Waals surface area contributed by atoms with E-state index >= 15 is 0 Å². The Morgan fingerprint density at radius 2 is 1.76 bits per heavy atom. The zero-order valence-corrected chi connectivity index (χ0v) is 33.5. The van der Waals surface area contributed by atoms with E-state index in [9.17, 15) is 14.7 Å². The van der Waals surface area contributed by atoms with Crippen LogP contribution >= 0.6 is 9.24 Å². The van der Waals surface area contributed by atoms with Crippen LogP contribution in [0.15, 0.2) is 30.5 Å². The second-order valence-electron chi connectivity index (χ2n) is 14.9. The standard InChI is InChI=1S/C38H64N13O3P/c39-33(37(54)42-19-23-55)12-13-35(53)43-25-31(52)27-50-21-14-29(15-22-50)45-36-32-10-4-5-11-34(32)46-38(47-36)44-24-30-26-51(49-48-30)20-7-17-40-16-6-18-41-28-8-2-1-3-9-28/h4-5,10-11,26,28-29,31,33,40-41,52H,1-3,6-9,12-25,27,39,55H2,(H,42,54)(H,43,53)(H2,44,45,46,47)/t31-,33+/m1/s1. The van der Waals surface area contributed by atoms with Gasteiger partial charge in [-0.1, -0.05) is 36.6 Å². The highest BCUT2D eigenvalue weighted by Crippen LogP contribution is 2.25. The number of aliphatic hydroxyl groups excluding tert-OH is 1. The summed E-state index contributed by atoms with van der Waals surface area (Å²) in [6, 6.07) is 8.21. The van der Waals surface area contributed by atoms with Gasteiger partial charge < -0.3 is 47.6 Å². The van der Waals surface area contributed by atoms with Crippen molar-refractivity contribution in [3.8, 4) is 0 Å². The molecule has 1 unspecified atom stereocenters. The van der Waals surface area contributed by atoms with Gasteiger partial charge in [0.25, 0.3) is 0 Å². The van der Waals surface area contributed by atoms with Crippen molar-refractivity contribution in [3.63, 3.8) is 0 Å². The SMILES string of the molecule is N[C@@H](CCC(=O)NC[C@@H](O)CN1CCC(Nc2nc(NCc3cn(CCCNCCCNC4CCCCC4)nn3)nc3ccccc23)CC1)C(=O)NCCP. The van der Waals surface area contributed by atoms with Crippen LogP contribution in [0.25, 0.3) is 10.9 Å². The normalized spacial score (nSPS) is 16.9. The van der Waals surface area contributed by atoms with Gasteiger partial charge in [0.1, 0.15) is 11.5 Å². The van der Waals surface area contributed by atoms with E-state index in [1.165, 1.54) is 32.1 Å². The Morgan fingerprint density at radius 3 is 2.58 bits per heavy atom. The van der Waals surface area contributed by atoms with Gasteiger partial charge in [-0.15, -0.1) is 14.3 Å². The molecule has 0 bridgehead atoms. The van der Waals surface area contributed by atoms with Gasteiger partial charge in [-0.25, -0.2) is 4.98 Å². The van der Waals surface area contributed by atoms with Gasteiger partial charge in [0.2, 0.25) is 17.8 Å². The molecule has 2 aliphatic rings. The molecule has 2 fully saturated rings. The average Bonchev–Trinajstić information content (AvgIpc) is 3.67. The minimum atomic E-state index is -0.727. The first-order chi connectivity index (χ1) is 26.9. The van der Waals surface area contributed by atoms with Gasteiger partial charge in [-0.2, -0.15) is 4.98 Å². The largest absolute Gasteiger partial charge is 0.390 e. The number of hydrogen-bond donors (Lipinski definition) is 8. The molecule has 1 saturated heterocycles. The predicted molar refractivity (Wildman–Crippen MR) is 221 cm³/mol. The minimum Gasteiger partial charge on any atom is -0.390 e. The third kappa shape index (κ3) is 15.1. The molecule has 2 amide bonds. The van der Waals surface area contributed by atoms with E-state index in [0.717, 1.165) is 99.6 Å². The van der Waals surface area contributed by atoms with Gasteiger partial charge in [0.05, 0.1) is 30.4 Å². The van der Waals surface area contributed by atoms with Crippen LogP contribution in [-0.4, -0.2) is 130 Å². The van der Waals surface area contributed by atoms with Gasteiger partial charge >= 0.3 is 0 Å². The maximum absolute atomic E-state index is 12.3. The molecule has 1 saturated carbocycles. The van der Waals surface area contributed by atoms with Crippen LogP contribution in [0, 0.1) is 0 Å². The van der Waals surface area contributed by atoms with Crippen LogP contribution in [-0.2, 0) is 22.7 Å². The third-order valence-corrected chi connectivity index (χ3v) is 10.6. The molecule has 17 heteroatoms. The smallest absolute Gasteiger partial charge is 0.236 e. The van der Waals surface area contributed by atoms with E-state index in [0.29, 0.717) is 25.6 Å². The molecule has 2 aromatic heterocycles. The van der Waals surface area contributed by atoms with E-state index < -0.39 is 12.1 Å². The van der Waals surface area contributed by atoms with Crippen molar-refractivity contribution in [2.45, 2.75) is 108 Å². The predicted octanol–water partition coefficient (Wildman–Crippen LogP) is 1.58. The first kappa shape index (κ1) is 42.6. The van der Waals surface area contributed by atoms with Crippen molar-refractivity contribution in [1.82, 2.24) is 51.1 Å². The van der Waals surface area contributed by atoms with Gasteiger partial charge in [-0.3, -0.25) is 14.3 Å². The van der Waals surface area contributed by atoms with Crippen LogP contribution in [0.1, 0.15) is 76.3 Å². The minimum absolute atomic E-state index is 0.132. The number of aromatic nitrogens is 5. The first-order valence-electron chi connectivity index (χ1n) is 20.4. The van der Waals surface area contributed by atoms with Crippen molar-refractivity contribution in [1.29, 1.82) is 0 Å². The van der Waals surface area contributed by atoms with Crippen LogP contribution in [0.3, 0.4) is 0 Å². The molecule has 3 heterocycles. The van der Waals surface area contributed by atoms with Gasteiger partial charge in [0, 0.05) is 63.2 Å². The molecule has 0 spiro atoms. The maximum Gasteiger partial charge on any atom is 0.236 e. The summed E-state index contributed by atoms with van der Waals surface area (Å²) in [5, 5.41) is 40.0. The van der Waals surface area contributed by atoms with Gasteiger partial charge in [-0.05, 0) is 82.9 Å². The number of carbonyl (C=O) groups is 2. The lowest BCUT2D eigenvalue weighted by Gasteiger charge is -2.34. The number of piperidine rings is 1. The quantitative estimate of drug-likeness (QED) is 0.0480. The second-order valence-corrected chi connectivity index (χ2v) is 15.5. The number of amides is 2. The Hall–Kier alpha value is -3.53. The highest BCUT2D eigenvalue weighted by Gasteiger charge is 2.23. The molecule has 16 nitrogen and oxygen atoms in total. The lowest BCUT2D eigenvalue weighted by atomic mass is 9.95. The molecule has 1 aromatic carbocycles. The highest BCUT2D eigenvalue weighted by atomic mass is 31.0. The summed E-state index contributed by atoms with van der Waals surface area (Å²) in [5.41, 5.74) is 7.56. The third-order valence-electron chi connectivity index (χ3n) is 10.3. The van der Waals surface area contributed by atoms with Crippen LogP contribution in [0.4, 0.5) is 11.8 Å². The number of para-hydroxylation sites is 1. The molecule has 304 valence electrons. The fourth-order valence-electron chi connectivity index (χ4n) is 7.16. The number of aryl methyl sites for hydroxylation is 1. The fraction of sp³-hybridized carbons (Fsp3) is 0.684.